The number of aliphatic hydroxyl groups is 1. The fourth-order valence-electron chi connectivity index (χ4n) is 2.18. The van der Waals surface area contributed by atoms with Gasteiger partial charge in [0, 0.05) is 19.1 Å². The Balaban J connectivity index is 2.24. The molecule has 1 aliphatic rings. The fraction of sp³-hybridized carbons (Fsp3) is 0.909. The van der Waals surface area contributed by atoms with Crippen LogP contribution >= 0.6 is 0 Å². The van der Waals surface area contributed by atoms with Crippen LogP contribution in [0.2, 0.25) is 0 Å². The molecule has 1 N–H and O–H groups in total. The summed E-state index contributed by atoms with van der Waals surface area (Å²) in [5, 5.41) is 8.68. The van der Waals surface area contributed by atoms with Crippen molar-refractivity contribution in [2.24, 2.45) is 0 Å². The van der Waals surface area contributed by atoms with E-state index < -0.39 is 0 Å². The highest BCUT2D eigenvalue weighted by Gasteiger charge is 2.24. The summed E-state index contributed by atoms with van der Waals surface area (Å²) in [5.41, 5.74) is 0. The zero-order valence-corrected chi connectivity index (χ0v) is 9.04. The fourth-order valence-corrected chi connectivity index (χ4v) is 2.18. The van der Waals surface area contributed by atoms with Crippen LogP contribution in [0.3, 0.4) is 0 Å². The standard InChI is InChI=1S/C11H21NO2/c1-10(14)9-11-5-4-7-12(11)6-2-3-8-13/h11,13H,2-9H2,1H3. The minimum absolute atomic E-state index is 0.283. The van der Waals surface area contributed by atoms with Gasteiger partial charge in [-0.15, -0.1) is 0 Å². The number of hydrogen-bond donors (Lipinski definition) is 1. The van der Waals surface area contributed by atoms with Crippen molar-refractivity contribution in [3.05, 3.63) is 0 Å². The lowest BCUT2D eigenvalue weighted by atomic mass is 10.1. The van der Waals surface area contributed by atoms with Gasteiger partial charge in [-0.1, -0.05) is 0 Å². The molecule has 82 valence electrons. The molecule has 1 aliphatic heterocycles. The molecule has 0 aromatic heterocycles. The molecule has 1 unspecified atom stereocenters. The van der Waals surface area contributed by atoms with Gasteiger partial charge in [0.2, 0.25) is 0 Å². The van der Waals surface area contributed by atoms with E-state index in [-0.39, 0.29) is 6.61 Å². The van der Waals surface area contributed by atoms with Crippen LogP contribution in [0.25, 0.3) is 0 Å². The van der Waals surface area contributed by atoms with Crippen LogP contribution < -0.4 is 0 Å². The predicted octanol–water partition coefficient (Wildman–Crippen LogP) is 1.20. The normalized spacial score (nSPS) is 22.9. The van der Waals surface area contributed by atoms with Gasteiger partial charge in [-0.2, -0.15) is 0 Å². The largest absolute Gasteiger partial charge is 0.396 e. The Morgan fingerprint density at radius 2 is 2.29 bits per heavy atom. The average Bonchev–Trinajstić information content (AvgIpc) is 2.52. The van der Waals surface area contributed by atoms with Gasteiger partial charge in [-0.25, -0.2) is 0 Å². The Kier molecular flexibility index (Phi) is 5.12. The summed E-state index contributed by atoms with van der Waals surface area (Å²) in [4.78, 5) is 13.4. The predicted molar refractivity (Wildman–Crippen MR) is 56.2 cm³/mol. The van der Waals surface area contributed by atoms with Crippen molar-refractivity contribution >= 4 is 5.78 Å². The van der Waals surface area contributed by atoms with Crippen LogP contribution in [0, 0.1) is 0 Å². The van der Waals surface area contributed by atoms with E-state index in [1.165, 1.54) is 12.8 Å². The summed E-state index contributed by atoms with van der Waals surface area (Å²) in [7, 11) is 0. The van der Waals surface area contributed by atoms with E-state index in [9.17, 15) is 4.79 Å². The Labute approximate surface area is 86.1 Å². The third-order valence-corrected chi connectivity index (χ3v) is 2.88. The molecular weight excluding hydrogens is 178 g/mol. The topological polar surface area (TPSA) is 40.5 Å². The van der Waals surface area contributed by atoms with Crippen molar-refractivity contribution in [1.29, 1.82) is 0 Å². The number of ketones is 1. The van der Waals surface area contributed by atoms with Crippen LogP contribution in [0.1, 0.15) is 39.0 Å². The third-order valence-electron chi connectivity index (χ3n) is 2.88. The molecule has 0 aromatic rings. The van der Waals surface area contributed by atoms with Crippen molar-refractivity contribution < 1.29 is 9.90 Å². The van der Waals surface area contributed by atoms with Crippen molar-refractivity contribution in [2.45, 2.75) is 45.1 Å². The molecule has 0 aromatic carbocycles. The summed E-state index contributed by atoms with van der Waals surface area (Å²) in [6.07, 6.45) is 5.02. The minimum Gasteiger partial charge on any atom is -0.396 e. The van der Waals surface area contributed by atoms with Gasteiger partial charge in [0.1, 0.15) is 5.78 Å². The van der Waals surface area contributed by atoms with E-state index >= 15 is 0 Å². The lowest BCUT2D eigenvalue weighted by molar-refractivity contribution is -0.118. The number of carbonyl (C=O) groups excluding carboxylic acids is 1. The van der Waals surface area contributed by atoms with Crippen molar-refractivity contribution in [3.8, 4) is 0 Å². The Morgan fingerprint density at radius 1 is 1.50 bits per heavy atom. The number of Topliss-reactive ketones (excluding diaryl/α,β-unsaturated/α-hetero) is 1. The van der Waals surface area contributed by atoms with E-state index in [0.29, 0.717) is 18.2 Å². The van der Waals surface area contributed by atoms with E-state index in [1.54, 1.807) is 6.92 Å². The molecule has 0 spiro atoms. The maximum atomic E-state index is 11.0. The molecular formula is C11H21NO2. The SMILES string of the molecule is CC(=O)CC1CCCN1CCCCO. The zero-order valence-electron chi connectivity index (χ0n) is 9.04. The Hall–Kier alpha value is -0.410. The van der Waals surface area contributed by atoms with Crippen LogP contribution in [0.5, 0.6) is 0 Å². The highest BCUT2D eigenvalue weighted by molar-refractivity contribution is 5.76. The number of unbranched alkanes of at least 4 members (excludes halogenated alkanes) is 1. The first-order valence-electron chi connectivity index (χ1n) is 5.58. The van der Waals surface area contributed by atoms with Crippen molar-refractivity contribution in [2.75, 3.05) is 19.7 Å². The van der Waals surface area contributed by atoms with Crippen LogP contribution in [-0.4, -0.2) is 41.5 Å². The summed E-state index contributed by atoms with van der Waals surface area (Å²) in [5.74, 6) is 0.295. The number of hydrogen-bond acceptors (Lipinski definition) is 3. The monoisotopic (exact) mass is 199 g/mol. The molecule has 1 saturated heterocycles. The second-order valence-electron chi connectivity index (χ2n) is 4.17. The quantitative estimate of drug-likeness (QED) is 0.653. The smallest absolute Gasteiger partial charge is 0.131 e. The summed E-state index contributed by atoms with van der Waals surface area (Å²) < 4.78 is 0. The number of likely N-dealkylation sites (tertiary alicyclic amines) is 1. The van der Waals surface area contributed by atoms with Gasteiger partial charge >= 0.3 is 0 Å². The van der Waals surface area contributed by atoms with Gasteiger partial charge < -0.3 is 5.11 Å². The van der Waals surface area contributed by atoms with E-state index in [4.69, 9.17) is 5.11 Å². The molecule has 0 saturated carbocycles. The number of rotatable bonds is 6. The first kappa shape index (κ1) is 11.7. The van der Waals surface area contributed by atoms with E-state index in [2.05, 4.69) is 4.90 Å². The lowest BCUT2D eigenvalue weighted by Crippen LogP contribution is -2.31. The van der Waals surface area contributed by atoms with Gasteiger partial charge in [-0.05, 0) is 45.7 Å². The molecule has 1 fully saturated rings. The lowest BCUT2D eigenvalue weighted by Gasteiger charge is -2.23. The number of aliphatic hydroxyl groups excluding tert-OH is 1. The molecule has 3 nitrogen and oxygen atoms in total. The molecule has 0 bridgehead atoms. The number of nitrogens with zero attached hydrogens (tertiary/aromatic N) is 1. The third kappa shape index (κ3) is 3.76. The maximum absolute atomic E-state index is 11.0. The second-order valence-corrected chi connectivity index (χ2v) is 4.17. The Morgan fingerprint density at radius 3 is 2.93 bits per heavy atom. The van der Waals surface area contributed by atoms with Crippen molar-refractivity contribution in [3.63, 3.8) is 0 Å². The molecule has 0 aliphatic carbocycles. The molecule has 0 amide bonds. The molecule has 1 rings (SSSR count). The second kappa shape index (κ2) is 6.14. The van der Waals surface area contributed by atoms with Crippen LogP contribution in [-0.2, 0) is 4.79 Å². The van der Waals surface area contributed by atoms with Gasteiger partial charge in [-0.3, -0.25) is 9.69 Å². The zero-order chi connectivity index (χ0) is 10.4. The molecule has 1 atom stereocenters. The van der Waals surface area contributed by atoms with E-state index in [1.807, 2.05) is 0 Å². The first-order valence-corrected chi connectivity index (χ1v) is 5.58. The van der Waals surface area contributed by atoms with Crippen molar-refractivity contribution in [1.82, 2.24) is 4.90 Å². The number of carbonyl (C=O) groups is 1. The van der Waals surface area contributed by atoms with Crippen LogP contribution in [0.15, 0.2) is 0 Å². The maximum Gasteiger partial charge on any atom is 0.131 e. The highest BCUT2D eigenvalue weighted by Crippen LogP contribution is 2.20. The molecule has 14 heavy (non-hydrogen) atoms. The average molecular weight is 199 g/mol. The molecule has 3 heteroatoms. The Bertz CT molecular complexity index is 182. The minimum atomic E-state index is 0.283. The van der Waals surface area contributed by atoms with Gasteiger partial charge in [0.15, 0.2) is 0 Å². The van der Waals surface area contributed by atoms with Gasteiger partial charge in [0.25, 0.3) is 0 Å². The summed E-state index contributed by atoms with van der Waals surface area (Å²) in [6.45, 7) is 4.12. The summed E-state index contributed by atoms with van der Waals surface area (Å²) in [6, 6.07) is 0.478. The molecule has 0 radical (unpaired) electrons. The first-order chi connectivity index (χ1) is 6.74. The molecule has 1 heterocycles. The summed E-state index contributed by atoms with van der Waals surface area (Å²) >= 11 is 0. The highest BCUT2D eigenvalue weighted by atomic mass is 16.2. The van der Waals surface area contributed by atoms with E-state index in [0.717, 1.165) is 25.9 Å². The van der Waals surface area contributed by atoms with Crippen LogP contribution in [0.4, 0.5) is 0 Å². The van der Waals surface area contributed by atoms with Gasteiger partial charge in [0.05, 0.1) is 0 Å².